The summed E-state index contributed by atoms with van der Waals surface area (Å²) in [6.45, 7) is 4.44. The summed E-state index contributed by atoms with van der Waals surface area (Å²) < 4.78 is 0. The van der Waals surface area contributed by atoms with Crippen molar-refractivity contribution >= 4 is 43.1 Å². The molecule has 0 atom stereocenters. The number of fused-ring (bicyclic) bond motifs is 4. The Hall–Kier alpha value is -6.83. The third kappa shape index (κ3) is 5.12. The highest BCUT2D eigenvalue weighted by molar-refractivity contribution is 6.24. The van der Waals surface area contributed by atoms with Crippen LogP contribution in [0.15, 0.2) is 188 Å². The fourth-order valence-corrected chi connectivity index (χ4v) is 8.83. The molecule has 0 saturated carbocycles. The number of hydrogen-bond donors (Lipinski definition) is 0. The first-order valence-corrected chi connectivity index (χ1v) is 18.7. The van der Waals surface area contributed by atoms with E-state index >= 15 is 0 Å². The average Bonchev–Trinajstić information content (AvgIpc) is 3.23. The van der Waals surface area contributed by atoms with Crippen molar-refractivity contribution in [3.8, 4) is 55.8 Å². The molecule has 54 heavy (non-hydrogen) atoms. The van der Waals surface area contributed by atoms with Gasteiger partial charge >= 0.3 is 0 Å². The first-order valence-electron chi connectivity index (χ1n) is 18.7. The Balaban J connectivity index is 1.20. The number of hydrogen-bond acceptors (Lipinski definition) is 1. The topological polar surface area (TPSA) is 12.9 Å². The van der Waals surface area contributed by atoms with Gasteiger partial charge in [0.1, 0.15) is 0 Å². The van der Waals surface area contributed by atoms with E-state index in [4.69, 9.17) is 4.98 Å². The van der Waals surface area contributed by atoms with E-state index in [0.717, 1.165) is 22.4 Å². The molecular weight excluding hydrogens is 651 g/mol. The van der Waals surface area contributed by atoms with Crippen molar-refractivity contribution < 1.29 is 0 Å². The number of aryl methyl sites for hydroxylation is 2. The van der Waals surface area contributed by atoms with Crippen molar-refractivity contribution in [2.75, 3.05) is 0 Å². The summed E-state index contributed by atoms with van der Waals surface area (Å²) in [6, 6.07) is 66.5. The van der Waals surface area contributed by atoms with Crippen LogP contribution in [-0.4, -0.2) is 4.98 Å². The van der Waals surface area contributed by atoms with Gasteiger partial charge in [0, 0.05) is 17.3 Å². The largest absolute Gasteiger partial charge is 0.256 e. The Kier molecular flexibility index (Phi) is 7.66. The summed E-state index contributed by atoms with van der Waals surface area (Å²) >= 11 is 0. The highest BCUT2D eigenvalue weighted by Gasteiger charge is 2.20. The van der Waals surface area contributed by atoms with E-state index in [0.29, 0.717) is 0 Å². The van der Waals surface area contributed by atoms with Crippen molar-refractivity contribution in [1.82, 2.24) is 4.98 Å². The summed E-state index contributed by atoms with van der Waals surface area (Å²) in [5.74, 6) is 0. The zero-order valence-electron chi connectivity index (χ0n) is 30.3. The van der Waals surface area contributed by atoms with Crippen LogP contribution in [0.4, 0.5) is 0 Å². The SMILES string of the molecule is Cc1cccc(C)c1-c1ccc(-c2c3ccccc3c(-c3cccc(-c4cccnc4-c4cccc5ccccc45)c3)c3ccccc23)c2ccccc12. The minimum Gasteiger partial charge on any atom is -0.256 e. The van der Waals surface area contributed by atoms with E-state index in [9.17, 15) is 0 Å². The van der Waals surface area contributed by atoms with E-state index in [1.165, 1.54) is 87.6 Å². The molecule has 0 amide bonds. The van der Waals surface area contributed by atoms with Crippen molar-refractivity contribution in [1.29, 1.82) is 0 Å². The molecule has 0 aliphatic rings. The average molecular weight is 688 g/mol. The maximum Gasteiger partial charge on any atom is 0.0786 e. The summed E-state index contributed by atoms with van der Waals surface area (Å²) in [5.41, 5.74) is 14.6. The van der Waals surface area contributed by atoms with Gasteiger partial charge in [-0.15, -0.1) is 0 Å². The van der Waals surface area contributed by atoms with Crippen LogP contribution in [0.25, 0.3) is 98.9 Å². The zero-order valence-corrected chi connectivity index (χ0v) is 30.3. The highest BCUT2D eigenvalue weighted by atomic mass is 14.7. The van der Waals surface area contributed by atoms with Gasteiger partial charge < -0.3 is 0 Å². The second-order valence-electron chi connectivity index (χ2n) is 14.3. The molecule has 1 nitrogen and oxygen atoms in total. The Morgan fingerprint density at radius 3 is 1.46 bits per heavy atom. The molecule has 1 heteroatoms. The summed E-state index contributed by atoms with van der Waals surface area (Å²) in [7, 11) is 0. The van der Waals surface area contributed by atoms with Crippen molar-refractivity contribution in [2.24, 2.45) is 0 Å². The van der Waals surface area contributed by atoms with Gasteiger partial charge in [0.2, 0.25) is 0 Å². The van der Waals surface area contributed by atoms with Crippen LogP contribution in [0.2, 0.25) is 0 Å². The van der Waals surface area contributed by atoms with Gasteiger partial charge in [-0.1, -0.05) is 170 Å². The first-order chi connectivity index (χ1) is 26.7. The second kappa shape index (κ2) is 13.0. The minimum absolute atomic E-state index is 0.993. The molecule has 0 unspecified atom stereocenters. The highest BCUT2D eigenvalue weighted by Crippen LogP contribution is 2.47. The molecule has 254 valence electrons. The standard InChI is InChI=1S/C53H37N/c1-34-15-11-16-35(2)50(34)47-30-31-48(42-23-6-5-22-41(42)47)52-45-26-9-7-24-43(45)51(44-25-8-10-27-46(44)52)38-20-12-19-37(33-38)40-29-14-32-54-53(40)49-28-13-18-36-17-3-4-21-39(36)49/h3-33H,1-2H3. The molecular formula is C53H37N. The molecule has 0 spiro atoms. The fourth-order valence-electron chi connectivity index (χ4n) is 8.83. The van der Waals surface area contributed by atoms with Gasteiger partial charge in [-0.25, -0.2) is 0 Å². The lowest BCUT2D eigenvalue weighted by Gasteiger charge is -2.20. The molecule has 9 aromatic carbocycles. The van der Waals surface area contributed by atoms with Gasteiger partial charge in [-0.05, 0) is 119 Å². The van der Waals surface area contributed by atoms with E-state index in [-0.39, 0.29) is 0 Å². The van der Waals surface area contributed by atoms with E-state index in [1.54, 1.807) is 0 Å². The lowest BCUT2D eigenvalue weighted by atomic mass is 9.83. The molecule has 10 rings (SSSR count). The first kappa shape index (κ1) is 31.9. The van der Waals surface area contributed by atoms with Gasteiger partial charge in [-0.3, -0.25) is 4.98 Å². The molecule has 1 heterocycles. The van der Waals surface area contributed by atoms with E-state index < -0.39 is 0 Å². The Morgan fingerprint density at radius 2 is 0.796 bits per heavy atom. The van der Waals surface area contributed by atoms with Crippen LogP contribution >= 0.6 is 0 Å². The smallest absolute Gasteiger partial charge is 0.0786 e. The maximum absolute atomic E-state index is 4.98. The van der Waals surface area contributed by atoms with Gasteiger partial charge in [0.05, 0.1) is 5.69 Å². The number of rotatable bonds is 5. The zero-order chi connectivity index (χ0) is 36.2. The summed E-state index contributed by atoms with van der Waals surface area (Å²) in [5, 5.41) is 9.94. The number of pyridine rings is 1. The molecule has 0 fully saturated rings. The molecule has 0 aliphatic heterocycles. The van der Waals surface area contributed by atoms with Crippen LogP contribution in [0.3, 0.4) is 0 Å². The number of aromatic nitrogens is 1. The third-order valence-corrected chi connectivity index (χ3v) is 11.2. The van der Waals surface area contributed by atoms with Gasteiger partial charge in [-0.2, -0.15) is 0 Å². The van der Waals surface area contributed by atoms with Crippen LogP contribution in [0.5, 0.6) is 0 Å². The molecule has 0 radical (unpaired) electrons. The predicted octanol–water partition coefficient (Wildman–Crippen LogP) is 14.6. The molecule has 0 saturated heterocycles. The molecule has 0 N–H and O–H groups in total. The Labute approximate surface area is 315 Å². The van der Waals surface area contributed by atoms with Crippen molar-refractivity contribution in [3.63, 3.8) is 0 Å². The summed E-state index contributed by atoms with van der Waals surface area (Å²) in [4.78, 5) is 4.98. The lowest BCUT2D eigenvalue weighted by Crippen LogP contribution is -1.94. The van der Waals surface area contributed by atoms with E-state index in [2.05, 4.69) is 190 Å². The number of nitrogens with zero attached hydrogens (tertiary/aromatic N) is 1. The van der Waals surface area contributed by atoms with Crippen LogP contribution in [0, 0.1) is 13.8 Å². The second-order valence-corrected chi connectivity index (χ2v) is 14.3. The Bertz CT molecular complexity index is 2990. The normalized spacial score (nSPS) is 11.5. The number of benzene rings is 9. The maximum atomic E-state index is 4.98. The Morgan fingerprint density at radius 1 is 0.315 bits per heavy atom. The monoisotopic (exact) mass is 687 g/mol. The third-order valence-electron chi connectivity index (χ3n) is 11.2. The van der Waals surface area contributed by atoms with Crippen LogP contribution in [-0.2, 0) is 0 Å². The van der Waals surface area contributed by atoms with Gasteiger partial charge in [0.25, 0.3) is 0 Å². The van der Waals surface area contributed by atoms with Crippen LogP contribution < -0.4 is 0 Å². The fraction of sp³-hybridized carbons (Fsp3) is 0.0377. The van der Waals surface area contributed by atoms with Crippen LogP contribution in [0.1, 0.15) is 11.1 Å². The molecule has 10 aromatic rings. The predicted molar refractivity (Wildman–Crippen MR) is 231 cm³/mol. The van der Waals surface area contributed by atoms with Crippen molar-refractivity contribution in [3.05, 3.63) is 199 Å². The molecule has 0 bridgehead atoms. The molecule has 1 aromatic heterocycles. The van der Waals surface area contributed by atoms with Gasteiger partial charge in [0.15, 0.2) is 0 Å². The quantitative estimate of drug-likeness (QED) is 0.164. The van der Waals surface area contributed by atoms with Crippen molar-refractivity contribution in [2.45, 2.75) is 13.8 Å². The lowest BCUT2D eigenvalue weighted by molar-refractivity contribution is 1.33. The minimum atomic E-state index is 0.993. The summed E-state index contributed by atoms with van der Waals surface area (Å²) in [6.07, 6.45) is 1.91. The molecule has 0 aliphatic carbocycles. The van der Waals surface area contributed by atoms with E-state index in [1.807, 2.05) is 12.3 Å².